The van der Waals surface area contributed by atoms with Crippen molar-refractivity contribution < 1.29 is 56.6 Å². The Morgan fingerprint density at radius 3 is 2.00 bits per heavy atom. The van der Waals surface area contributed by atoms with Gasteiger partial charge in [0, 0.05) is 57.6 Å². The van der Waals surface area contributed by atoms with Gasteiger partial charge >= 0.3 is 11.9 Å². The minimum Gasteiger partial charge on any atom is -0.545 e. The average Bonchev–Trinajstić information content (AvgIpc) is 2.35. The van der Waals surface area contributed by atoms with Crippen LogP contribution in [0.2, 0.25) is 0 Å². The summed E-state index contributed by atoms with van der Waals surface area (Å²) >= 11 is 0. The normalized spacial score (nSPS) is 8.53. The van der Waals surface area contributed by atoms with Gasteiger partial charge in [-0.3, -0.25) is 16.4 Å². The number of rotatable bonds is 9. The van der Waals surface area contributed by atoms with Crippen LogP contribution in [-0.4, -0.2) is 43.4 Å². The third kappa shape index (κ3) is 23.9. The molecule has 0 spiro atoms. The molecular formula is C11H18O5S2Y-2. The first kappa shape index (κ1) is 24.4. The zero-order chi connectivity index (χ0) is 14.2. The summed E-state index contributed by atoms with van der Waals surface area (Å²) < 4.78 is 9.68. The molecule has 0 bridgehead atoms. The first-order valence-electron chi connectivity index (χ1n) is 5.23. The molecule has 0 rings (SSSR count). The Bertz CT molecular complexity index is 229. The summed E-state index contributed by atoms with van der Waals surface area (Å²) in [5.74, 6) is 1.04. The SMILES string of the molecule is [CH-]=O.[CH2-]CCC(=O)OCCSSCCOC(C)=O.[Y]. The second-order valence-corrected chi connectivity index (χ2v) is 5.51. The Balaban J connectivity index is -0.000000809. The maximum atomic E-state index is 10.9. The fraction of sp³-hybridized carbons (Fsp3) is 0.636. The maximum absolute atomic E-state index is 10.9. The third-order valence-electron chi connectivity index (χ3n) is 1.37. The van der Waals surface area contributed by atoms with E-state index >= 15 is 0 Å². The monoisotopic (exact) mass is 383 g/mol. The Kier molecular flexibility index (Phi) is 26.7. The minimum atomic E-state index is -0.257. The molecule has 19 heavy (non-hydrogen) atoms. The van der Waals surface area contributed by atoms with Gasteiger partial charge in [0.25, 0.3) is 0 Å². The molecule has 109 valence electrons. The predicted molar refractivity (Wildman–Crippen MR) is 73.8 cm³/mol. The van der Waals surface area contributed by atoms with Gasteiger partial charge < -0.3 is 21.2 Å². The van der Waals surface area contributed by atoms with E-state index in [0.29, 0.717) is 26.1 Å². The van der Waals surface area contributed by atoms with Crippen LogP contribution < -0.4 is 0 Å². The van der Waals surface area contributed by atoms with Crippen molar-refractivity contribution in [3.05, 3.63) is 6.92 Å². The van der Waals surface area contributed by atoms with Crippen LogP contribution in [0, 0.1) is 6.92 Å². The summed E-state index contributed by atoms with van der Waals surface area (Å²) in [5, 5.41) is 0. The fourth-order valence-electron chi connectivity index (χ4n) is 0.743. The van der Waals surface area contributed by atoms with Gasteiger partial charge in [0.15, 0.2) is 0 Å². The fourth-order valence-corrected chi connectivity index (χ4v) is 2.40. The molecule has 0 unspecified atom stereocenters. The average molecular weight is 383 g/mol. The molecular weight excluding hydrogens is 365 g/mol. The van der Waals surface area contributed by atoms with Gasteiger partial charge in [0.1, 0.15) is 13.2 Å². The number of carbonyl (C=O) groups is 2. The predicted octanol–water partition coefficient (Wildman–Crippen LogP) is 1.81. The quantitative estimate of drug-likeness (QED) is 0.198. The summed E-state index contributed by atoms with van der Waals surface area (Å²) in [6.07, 6.45) is 0.952. The largest absolute Gasteiger partial charge is 0.545 e. The van der Waals surface area contributed by atoms with Crippen LogP contribution in [0.15, 0.2) is 0 Å². The van der Waals surface area contributed by atoms with E-state index in [9.17, 15) is 9.59 Å². The van der Waals surface area contributed by atoms with E-state index in [1.165, 1.54) is 6.92 Å². The van der Waals surface area contributed by atoms with Crippen molar-refractivity contribution in [2.24, 2.45) is 0 Å². The number of hydrogen-bond donors (Lipinski definition) is 0. The molecule has 0 aromatic carbocycles. The van der Waals surface area contributed by atoms with Crippen LogP contribution in [0.3, 0.4) is 0 Å². The molecule has 0 aliphatic heterocycles. The molecule has 0 atom stereocenters. The van der Waals surface area contributed by atoms with Crippen LogP contribution in [0.1, 0.15) is 19.8 Å². The Hall–Kier alpha value is 0.414. The van der Waals surface area contributed by atoms with Crippen molar-refractivity contribution in [1.82, 2.24) is 0 Å². The van der Waals surface area contributed by atoms with Crippen molar-refractivity contribution in [3.63, 3.8) is 0 Å². The molecule has 0 N–H and O–H groups in total. The molecule has 0 fully saturated rings. The smallest absolute Gasteiger partial charge is 0.303 e. The van der Waals surface area contributed by atoms with Gasteiger partial charge in [-0.15, -0.1) is 0 Å². The summed E-state index contributed by atoms with van der Waals surface area (Å²) in [6, 6.07) is 0. The Labute approximate surface area is 147 Å². The molecule has 0 heterocycles. The number of hydrogen-bond acceptors (Lipinski definition) is 7. The van der Waals surface area contributed by atoms with Crippen molar-refractivity contribution >= 4 is 40.3 Å². The van der Waals surface area contributed by atoms with E-state index in [-0.39, 0.29) is 44.6 Å². The number of carbonyl (C=O) groups excluding carboxylic acids is 3. The molecule has 0 aliphatic rings. The summed E-state index contributed by atoms with van der Waals surface area (Å²) in [7, 11) is 3.19. The van der Waals surface area contributed by atoms with E-state index in [1.54, 1.807) is 21.6 Å². The summed E-state index contributed by atoms with van der Waals surface area (Å²) in [4.78, 5) is 29.1. The van der Waals surface area contributed by atoms with Crippen LogP contribution in [0.25, 0.3) is 0 Å². The van der Waals surface area contributed by atoms with Crippen LogP contribution in [0.5, 0.6) is 0 Å². The van der Waals surface area contributed by atoms with E-state index in [2.05, 4.69) is 13.7 Å². The molecule has 0 aromatic heterocycles. The van der Waals surface area contributed by atoms with Gasteiger partial charge in [0.2, 0.25) is 0 Å². The van der Waals surface area contributed by atoms with Crippen LogP contribution >= 0.6 is 21.6 Å². The number of ether oxygens (including phenoxy) is 2. The first-order valence-corrected chi connectivity index (χ1v) is 7.72. The topological polar surface area (TPSA) is 69.7 Å². The Morgan fingerprint density at radius 1 is 1.11 bits per heavy atom. The van der Waals surface area contributed by atoms with Gasteiger partial charge in [-0.25, -0.2) is 0 Å². The van der Waals surface area contributed by atoms with Gasteiger partial charge in [-0.1, -0.05) is 21.6 Å². The van der Waals surface area contributed by atoms with Crippen molar-refractivity contribution in [2.45, 2.75) is 19.8 Å². The molecule has 0 amide bonds. The summed E-state index contributed by atoms with van der Waals surface area (Å²) in [6.45, 7) is 9.05. The molecule has 0 aromatic rings. The second-order valence-electron chi connectivity index (χ2n) is 2.81. The zero-order valence-corrected chi connectivity index (χ0v) is 15.4. The first-order chi connectivity index (χ1) is 8.66. The number of esters is 2. The molecule has 0 saturated heterocycles. The standard InChI is InChI=1S/C10H17O4S2.CHO.Y/c1-3-4-10(12)14-6-8-16-15-7-5-13-9(2)11;1-2;/h1,3-8H2,2H3;1H;/q2*-1;. The Morgan fingerprint density at radius 2 is 1.58 bits per heavy atom. The zero-order valence-electron chi connectivity index (χ0n) is 11.0. The maximum Gasteiger partial charge on any atom is 0.303 e. The molecule has 0 aliphatic carbocycles. The van der Waals surface area contributed by atoms with Crippen molar-refractivity contribution in [2.75, 3.05) is 24.7 Å². The second kappa shape index (κ2) is 20.7. The molecule has 1 radical (unpaired) electrons. The van der Waals surface area contributed by atoms with E-state index < -0.39 is 0 Å². The summed E-state index contributed by atoms with van der Waals surface area (Å²) in [5.41, 5.74) is 0. The van der Waals surface area contributed by atoms with E-state index in [0.717, 1.165) is 11.5 Å². The van der Waals surface area contributed by atoms with Crippen LogP contribution in [0.4, 0.5) is 0 Å². The van der Waals surface area contributed by atoms with E-state index in [4.69, 9.17) is 14.3 Å². The molecule has 8 heteroatoms. The van der Waals surface area contributed by atoms with Crippen molar-refractivity contribution in [1.29, 1.82) is 0 Å². The van der Waals surface area contributed by atoms with Gasteiger partial charge in [0.05, 0.1) is 0 Å². The van der Waals surface area contributed by atoms with Gasteiger partial charge in [-0.05, 0) is 0 Å². The van der Waals surface area contributed by atoms with Gasteiger partial charge in [-0.2, -0.15) is 6.42 Å². The minimum absolute atomic E-state index is 0. The van der Waals surface area contributed by atoms with E-state index in [1.807, 2.05) is 0 Å². The molecule has 0 saturated carbocycles. The van der Waals surface area contributed by atoms with Crippen LogP contribution in [-0.2, 0) is 56.6 Å². The third-order valence-corrected chi connectivity index (χ3v) is 3.70. The van der Waals surface area contributed by atoms with Crippen molar-refractivity contribution in [3.8, 4) is 0 Å². The molecule has 5 nitrogen and oxygen atoms in total.